The number of rotatable bonds is 10. The minimum Gasteiger partial charge on any atom is -0.376 e. The lowest BCUT2D eigenvalue weighted by atomic mass is 9.89. The first-order valence-electron chi connectivity index (χ1n) is 10.5. The summed E-state index contributed by atoms with van der Waals surface area (Å²) in [5.74, 6) is 1.53. The van der Waals surface area contributed by atoms with Crippen LogP contribution in [0.3, 0.4) is 0 Å². The lowest BCUT2D eigenvalue weighted by Crippen LogP contribution is -2.44. The third-order valence-corrected chi connectivity index (χ3v) is 5.05. The van der Waals surface area contributed by atoms with E-state index in [1.54, 1.807) is 7.05 Å². The highest BCUT2D eigenvalue weighted by molar-refractivity contribution is 5.80. The van der Waals surface area contributed by atoms with Gasteiger partial charge in [0.2, 0.25) is 5.91 Å². The van der Waals surface area contributed by atoms with Gasteiger partial charge in [-0.25, -0.2) is 0 Å². The Balaban J connectivity index is 1.53. The van der Waals surface area contributed by atoms with Gasteiger partial charge >= 0.3 is 0 Å². The molecule has 1 aromatic rings. The number of carbonyl (C=O) groups is 1. The highest BCUT2D eigenvalue weighted by Gasteiger charge is 2.20. The summed E-state index contributed by atoms with van der Waals surface area (Å²) in [7, 11) is 1.76. The van der Waals surface area contributed by atoms with E-state index in [0.29, 0.717) is 32.2 Å². The number of guanidine groups is 1. The van der Waals surface area contributed by atoms with E-state index < -0.39 is 0 Å². The van der Waals surface area contributed by atoms with E-state index in [0.717, 1.165) is 25.3 Å². The molecule has 156 valence electrons. The third-order valence-electron chi connectivity index (χ3n) is 5.05. The number of hydrogen-bond donors (Lipinski definition) is 3. The second kappa shape index (κ2) is 13.2. The van der Waals surface area contributed by atoms with Crippen molar-refractivity contribution in [2.24, 2.45) is 16.8 Å². The van der Waals surface area contributed by atoms with Crippen molar-refractivity contribution in [3.8, 4) is 0 Å². The van der Waals surface area contributed by atoms with Crippen LogP contribution in [-0.2, 0) is 16.1 Å². The maximum Gasteiger partial charge on any atom is 0.223 e. The highest BCUT2D eigenvalue weighted by Crippen LogP contribution is 2.23. The molecule has 0 bridgehead atoms. The summed E-state index contributed by atoms with van der Waals surface area (Å²) in [6, 6.07) is 10.2. The van der Waals surface area contributed by atoms with Crippen LogP contribution >= 0.6 is 0 Å². The van der Waals surface area contributed by atoms with Crippen LogP contribution in [0.2, 0.25) is 0 Å². The van der Waals surface area contributed by atoms with Crippen molar-refractivity contribution in [2.45, 2.75) is 45.6 Å². The molecule has 2 rings (SSSR count). The number of hydrogen-bond acceptors (Lipinski definition) is 3. The van der Waals surface area contributed by atoms with Crippen molar-refractivity contribution in [3.63, 3.8) is 0 Å². The van der Waals surface area contributed by atoms with Gasteiger partial charge in [-0.1, -0.05) is 56.5 Å². The summed E-state index contributed by atoms with van der Waals surface area (Å²) >= 11 is 0. The fraction of sp³-hybridized carbons (Fsp3) is 0.636. The van der Waals surface area contributed by atoms with E-state index in [1.165, 1.54) is 24.8 Å². The van der Waals surface area contributed by atoms with Crippen LogP contribution in [0.1, 0.15) is 44.6 Å². The van der Waals surface area contributed by atoms with Crippen LogP contribution in [0.25, 0.3) is 0 Å². The number of nitrogens with zero attached hydrogens (tertiary/aromatic N) is 1. The second-order valence-electron chi connectivity index (χ2n) is 7.61. The molecule has 1 atom stereocenters. The van der Waals surface area contributed by atoms with Crippen molar-refractivity contribution in [2.75, 3.05) is 33.3 Å². The molecule has 0 aliphatic heterocycles. The minimum atomic E-state index is 0.202. The summed E-state index contributed by atoms with van der Waals surface area (Å²) in [5.41, 5.74) is 1.19. The molecule has 1 amide bonds. The SMILES string of the molecule is CN=C(NCCNC(=O)C1CCCCC1)NCC(C)COCc1ccccc1. The van der Waals surface area contributed by atoms with Gasteiger partial charge in [0.1, 0.15) is 0 Å². The molecule has 1 aliphatic rings. The Morgan fingerprint density at radius 3 is 2.54 bits per heavy atom. The zero-order chi connectivity index (χ0) is 20.0. The van der Waals surface area contributed by atoms with Gasteiger partial charge in [0.15, 0.2) is 5.96 Å². The lowest BCUT2D eigenvalue weighted by molar-refractivity contribution is -0.125. The number of benzene rings is 1. The molecule has 1 aliphatic carbocycles. The van der Waals surface area contributed by atoms with E-state index >= 15 is 0 Å². The van der Waals surface area contributed by atoms with Crippen molar-refractivity contribution < 1.29 is 9.53 Å². The highest BCUT2D eigenvalue weighted by atomic mass is 16.5. The normalized spacial score (nSPS) is 16.4. The number of ether oxygens (including phenoxy) is 1. The second-order valence-corrected chi connectivity index (χ2v) is 7.61. The first kappa shape index (κ1) is 22.2. The van der Waals surface area contributed by atoms with E-state index in [9.17, 15) is 4.79 Å². The van der Waals surface area contributed by atoms with Crippen LogP contribution in [-0.4, -0.2) is 45.2 Å². The van der Waals surface area contributed by atoms with Crippen molar-refractivity contribution >= 4 is 11.9 Å². The zero-order valence-electron chi connectivity index (χ0n) is 17.4. The number of amides is 1. The molecule has 28 heavy (non-hydrogen) atoms. The van der Waals surface area contributed by atoms with E-state index in [-0.39, 0.29) is 11.8 Å². The lowest BCUT2D eigenvalue weighted by Gasteiger charge is -2.21. The molecule has 6 nitrogen and oxygen atoms in total. The Kier molecular flexibility index (Phi) is 10.4. The van der Waals surface area contributed by atoms with Crippen LogP contribution in [0.15, 0.2) is 35.3 Å². The van der Waals surface area contributed by atoms with Gasteiger partial charge in [0, 0.05) is 32.6 Å². The van der Waals surface area contributed by atoms with Gasteiger partial charge in [-0.3, -0.25) is 9.79 Å². The Hall–Kier alpha value is -2.08. The maximum absolute atomic E-state index is 12.1. The summed E-state index contributed by atoms with van der Waals surface area (Å²) in [5, 5.41) is 9.60. The molecule has 6 heteroatoms. The average Bonchev–Trinajstić information content (AvgIpc) is 2.74. The summed E-state index contributed by atoms with van der Waals surface area (Å²) < 4.78 is 5.78. The van der Waals surface area contributed by atoms with Gasteiger partial charge < -0.3 is 20.7 Å². The molecule has 1 unspecified atom stereocenters. The molecule has 0 radical (unpaired) electrons. The molecule has 1 fully saturated rings. The maximum atomic E-state index is 12.1. The van der Waals surface area contributed by atoms with Crippen molar-refractivity contribution in [1.29, 1.82) is 0 Å². The molecule has 0 heterocycles. The molecule has 0 spiro atoms. The molecular formula is C22H36N4O2. The standard InChI is InChI=1S/C22H36N4O2/c1-18(16-28-17-19-9-5-3-6-10-19)15-26-22(23-2)25-14-13-24-21(27)20-11-7-4-8-12-20/h3,5-6,9-10,18,20H,4,7-8,11-17H2,1-2H3,(H,24,27)(H2,23,25,26). The molecule has 0 aromatic heterocycles. The van der Waals surface area contributed by atoms with Crippen molar-refractivity contribution in [1.82, 2.24) is 16.0 Å². The topological polar surface area (TPSA) is 74.8 Å². The quantitative estimate of drug-likeness (QED) is 0.327. The average molecular weight is 389 g/mol. The van der Waals surface area contributed by atoms with Crippen LogP contribution < -0.4 is 16.0 Å². The van der Waals surface area contributed by atoms with Crippen LogP contribution in [0.4, 0.5) is 0 Å². The Morgan fingerprint density at radius 2 is 1.82 bits per heavy atom. The fourth-order valence-corrected chi connectivity index (χ4v) is 3.38. The largest absolute Gasteiger partial charge is 0.376 e. The predicted molar refractivity (Wildman–Crippen MR) is 114 cm³/mol. The van der Waals surface area contributed by atoms with Gasteiger partial charge in [-0.2, -0.15) is 0 Å². The summed E-state index contributed by atoms with van der Waals surface area (Å²) in [6.45, 7) is 5.54. The fourth-order valence-electron chi connectivity index (χ4n) is 3.38. The molecular weight excluding hydrogens is 352 g/mol. The Labute approximate surface area is 169 Å². The summed E-state index contributed by atoms with van der Waals surface area (Å²) in [6.07, 6.45) is 5.70. The van der Waals surface area contributed by atoms with Gasteiger partial charge in [-0.05, 0) is 24.3 Å². The van der Waals surface area contributed by atoms with Crippen LogP contribution in [0.5, 0.6) is 0 Å². The van der Waals surface area contributed by atoms with E-state index in [2.05, 4.69) is 40.0 Å². The Bertz CT molecular complexity index is 585. The number of aliphatic imine (C=N–C) groups is 1. The minimum absolute atomic E-state index is 0.202. The summed E-state index contributed by atoms with van der Waals surface area (Å²) in [4.78, 5) is 16.4. The smallest absolute Gasteiger partial charge is 0.223 e. The zero-order valence-corrected chi connectivity index (χ0v) is 17.4. The molecule has 0 saturated heterocycles. The van der Waals surface area contributed by atoms with Crippen molar-refractivity contribution in [3.05, 3.63) is 35.9 Å². The molecule has 3 N–H and O–H groups in total. The van der Waals surface area contributed by atoms with Gasteiger partial charge in [-0.15, -0.1) is 0 Å². The number of nitrogens with one attached hydrogen (secondary N) is 3. The third kappa shape index (κ3) is 8.74. The molecule has 1 aromatic carbocycles. The predicted octanol–water partition coefficient (Wildman–Crippen LogP) is 2.70. The Morgan fingerprint density at radius 1 is 1.11 bits per heavy atom. The van der Waals surface area contributed by atoms with Gasteiger partial charge in [0.05, 0.1) is 13.2 Å². The van der Waals surface area contributed by atoms with Gasteiger partial charge in [0.25, 0.3) is 0 Å². The van der Waals surface area contributed by atoms with E-state index in [4.69, 9.17) is 4.74 Å². The molecule has 1 saturated carbocycles. The van der Waals surface area contributed by atoms with Crippen LogP contribution in [0, 0.1) is 11.8 Å². The number of carbonyl (C=O) groups excluding carboxylic acids is 1. The monoisotopic (exact) mass is 388 g/mol. The first-order valence-corrected chi connectivity index (χ1v) is 10.5. The first-order chi connectivity index (χ1) is 13.7. The van der Waals surface area contributed by atoms with E-state index in [1.807, 2.05) is 18.2 Å².